The molecule has 0 saturated carbocycles. The molecular weight excluding hydrogens is 406 g/mol. The normalized spacial score (nSPS) is 11.1. The van der Waals surface area contributed by atoms with Gasteiger partial charge in [0.05, 0.1) is 0 Å². The van der Waals surface area contributed by atoms with E-state index >= 15 is 0 Å². The molecule has 7 heteroatoms. The SMILES string of the molecule is CC.CC.CC.CNC(=O)[C@H](Cc1ccc(C)cc1)NC(=O)C(CC(=O)NO)CC(C)C. The Labute approximate surface area is 195 Å². The third kappa shape index (κ3) is 15.4. The number of nitrogens with one attached hydrogen (secondary N) is 3. The van der Waals surface area contributed by atoms with E-state index in [0.29, 0.717) is 12.8 Å². The fourth-order valence-electron chi connectivity index (χ4n) is 2.75. The van der Waals surface area contributed by atoms with Gasteiger partial charge in [-0.1, -0.05) is 85.2 Å². The first kappa shape index (κ1) is 34.2. The highest BCUT2D eigenvalue weighted by Gasteiger charge is 2.27. The topological polar surface area (TPSA) is 108 Å². The number of likely N-dealkylation sites (N-methyl/N-ethyl adjacent to an activating group) is 1. The number of hydrogen-bond donors (Lipinski definition) is 4. The van der Waals surface area contributed by atoms with Gasteiger partial charge in [0.25, 0.3) is 0 Å². The minimum Gasteiger partial charge on any atom is -0.357 e. The molecular formula is C25H47N3O4. The lowest BCUT2D eigenvalue weighted by molar-refractivity contribution is -0.136. The molecule has 1 aromatic carbocycles. The quantitative estimate of drug-likeness (QED) is 0.328. The van der Waals surface area contributed by atoms with Crippen molar-refractivity contribution in [2.75, 3.05) is 7.05 Å². The Bertz CT molecular complexity index is 616. The van der Waals surface area contributed by atoms with Gasteiger partial charge in [0.2, 0.25) is 17.7 Å². The number of hydroxylamine groups is 1. The van der Waals surface area contributed by atoms with E-state index in [0.717, 1.165) is 11.1 Å². The number of benzene rings is 1. The molecule has 0 bridgehead atoms. The van der Waals surface area contributed by atoms with Crippen LogP contribution in [0.15, 0.2) is 24.3 Å². The molecule has 0 spiro atoms. The molecule has 1 rings (SSSR count). The van der Waals surface area contributed by atoms with Crippen molar-refractivity contribution in [3.8, 4) is 0 Å². The average Bonchev–Trinajstić information content (AvgIpc) is 2.82. The highest BCUT2D eigenvalue weighted by Crippen LogP contribution is 2.17. The maximum Gasteiger partial charge on any atom is 0.244 e. The zero-order valence-electron chi connectivity index (χ0n) is 21.8. The van der Waals surface area contributed by atoms with Gasteiger partial charge < -0.3 is 10.6 Å². The third-order valence-corrected chi connectivity index (χ3v) is 4.12. The van der Waals surface area contributed by atoms with Gasteiger partial charge in [0.1, 0.15) is 6.04 Å². The minimum absolute atomic E-state index is 0.133. The summed E-state index contributed by atoms with van der Waals surface area (Å²) in [7, 11) is 1.52. The number of amides is 3. The summed E-state index contributed by atoms with van der Waals surface area (Å²) in [6, 6.07) is 7.00. The molecule has 1 unspecified atom stereocenters. The van der Waals surface area contributed by atoms with Gasteiger partial charge in [-0.2, -0.15) is 0 Å². The first-order valence-electron chi connectivity index (χ1n) is 11.8. The Morgan fingerprint density at radius 3 is 1.81 bits per heavy atom. The molecule has 0 saturated heterocycles. The number of aryl methyl sites for hydroxylation is 1. The lowest BCUT2D eigenvalue weighted by atomic mass is 9.92. The fraction of sp³-hybridized carbons (Fsp3) is 0.640. The second-order valence-corrected chi connectivity index (χ2v) is 6.93. The summed E-state index contributed by atoms with van der Waals surface area (Å²) in [6.45, 7) is 17.9. The van der Waals surface area contributed by atoms with Gasteiger partial charge in [-0.25, -0.2) is 5.48 Å². The smallest absolute Gasteiger partial charge is 0.244 e. The van der Waals surface area contributed by atoms with Crippen LogP contribution in [0, 0.1) is 18.8 Å². The molecule has 0 fully saturated rings. The molecule has 0 heterocycles. The van der Waals surface area contributed by atoms with Crippen LogP contribution in [0.2, 0.25) is 0 Å². The van der Waals surface area contributed by atoms with Crippen LogP contribution < -0.4 is 16.1 Å². The van der Waals surface area contributed by atoms with Crippen molar-refractivity contribution in [3.05, 3.63) is 35.4 Å². The lowest BCUT2D eigenvalue weighted by Crippen LogP contribution is -2.49. The zero-order chi connectivity index (χ0) is 25.7. The minimum atomic E-state index is -0.734. The van der Waals surface area contributed by atoms with E-state index in [4.69, 9.17) is 5.21 Å². The number of carbonyl (C=O) groups excluding carboxylic acids is 3. The summed E-state index contributed by atoms with van der Waals surface area (Å²) in [5, 5.41) is 14.0. The van der Waals surface area contributed by atoms with E-state index in [-0.39, 0.29) is 24.2 Å². The van der Waals surface area contributed by atoms with E-state index in [9.17, 15) is 14.4 Å². The summed E-state index contributed by atoms with van der Waals surface area (Å²) in [5.41, 5.74) is 3.60. The van der Waals surface area contributed by atoms with Crippen LogP contribution in [-0.2, 0) is 20.8 Å². The summed E-state index contributed by atoms with van der Waals surface area (Å²) in [6.07, 6.45) is 0.696. The van der Waals surface area contributed by atoms with Crippen molar-refractivity contribution in [2.24, 2.45) is 11.8 Å². The van der Waals surface area contributed by atoms with Crippen molar-refractivity contribution in [1.29, 1.82) is 0 Å². The monoisotopic (exact) mass is 453 g/mol. The first-order chi connectivity index (χ1) is 15.3. The molecule has 0 aliphatic carbocycles. The highest BCUT2D eigenvalue weighted by molar-refractivity contribution is 5.90. The lowest BCUT2D eigenvalue weighted by Gasteiger charge is -2.22. The number of hydrogen-bond acceptors (Lipinski definition) is 4. The predicted molar refractivity (Wildman–Crippen MR) is 132 cm³/mol. The molecule has 186 valence electrons. The van der Waals surface area contributed by atoms with E-state index in [2.05, 4.69) is 10.6 Å². The number of carbonyl (C=O) groups is 3. The molecule has 0 radical (unpaired) electrons. The van der Waals surface area contributed by atoms with Gasteiger partial charge in [0, 0.05) is 25.8 Å². The average molecular weight is 454 g/mol. The molecule has 4 N–H and O–H groups in total. The van der Waals surface area contributed by atoms with Crippen LogP contribution in [0.1, 0.15) is 79.4 Å². The van der Waals surface area contributed by atoms with Gasteiger partial charge in [-0.3, -0.25) is 19.6 Å². The van der Waals surface area contributed by atoms with Crippen molar-refractivity contribution in [3.63, 3.8) is 0 Å². The molecule has 0 aliphatic heterocycles. The standard InChI is InChI=1S/C19H29N3O4.3C2H6/c1-12(2)9-15(11-17(23)22-26)18(24)21-16(19(25)20-4)10-14-7-5-13(3)6-8-14;3*1-2/h5-8,12,15-16,26H,9-11H2,1-4H3,(H,20,25)(H,21,24)(H,22,23);3*1-2H3/t15?,16-;;;/m0.../s1. The van der Waals surface area contributed by atoms with E-state index < -0.39 is 17.9 Å². The van der Waals surface area contributed by atoms with E-state index in [1.54, 1.807) is 5.48 Å². The molecule has 3 amide bonds. The summed E-state index contributed by atoms with van der Waals surface area (Å²) in [5.74, 6) is -1.72. The highest BCUT2D eigenvalue weighted by atomic mass is 16.5. The third-order valence-electron chi connectivity index (χ3n) is 4.12. The van der Waals surface area contributed by atoms with Gasteiger partial charge >= 0.3 is 0 Å². The van der Waals surface area contributed by atoms with Crippen molar-refractivity contribution < 1.29 is 19.6 Å². The fourth-order valence-corrected chi connectivity index (χ4v) is 2.75. The van der Waals surface area contributed by atoms with Gasteiger partial charge in [-0.05, 0) is 24.8 Å². The van der Waals surface area contributed by atoms with Crippen LogP contribution in [0.3, 0.4) is 0 Å². The molecule has 0 aliphatic rings. The van der Waals surface area contributed by atoms with Crippen LogP contribution in [-0.4, -0.2) is 36.0 Å². The predicted octanol–water partition coefficient (Wildman–Crippen LogP) is 4.40. The van der Waals surface area contributed by atoms with Crippen LogP contribution in [0.5, 0.6) is 0 Å². The Hall–Kier alpha value is -2.41. The summed E-state index contributed by atoms with van der Waals surface area (Å²) in [4.78, 5) is 36.3. The maximum atomic E-state index is 12.7. The number of rotatable bonds is 9. The largest absolute Gasteiger partial charge is 0.357 e. The van der Waals surface area contributed by atoms with Crippen molar-refractivity contribution >= 4 is 17.7 Å². The molecule has 2 atom stereocenters. The first-order valence-corrected chi connectivity index (χ1v) is 11.8. The molecule has 32 heavy (non-hydrogen) atoms. The van der Waals surface area contributed by atoms with Crippen molar-refractivity contribution in [2.45, 2.75) is 87.6 Å². The van der Waals surface area contributed by atoms with Crippen LogP contribution in [0.4, 0.5) is 0 Å². The molecule has 7 nitrogen and oxygen atoms in total. The van der Waals surface area contributed by atoms with E-state index in [1.807, 2.05) is 86.6 Å². The summed E-state index contributed by atoms with van der Waals surface area (Å²) < 4.78 is 0. The Kier molecular flexibility index (Phi) is 23.3. The maximum absolute atomic E-state index is 12.7. The zero-order valence-corrected chi connectivity index (χ0v) is 21.8. The van der Waals surface area contributed by atoms with Crippen LogP contribution >= 0.6 is 0 Å². The van der Waals surface area contributed by atoms with Crippen LogP contribution in [0.25, 0.3) is 0 Å². The summed E-state index contributed by atoms with van der Waals surface area (Å²) >= 11 is 0. The van der Waals surface area contributed by atoms with Crippen molar-refractivity contribution in [1.82, 2.24) is 16.1 Å². The Balaban J connectivity index is -0.00000129. The Morgan fingerprint density at radius 2 is 1.41 bits per heavy atom. The Morgan fingerprint density at radius 1 is 0.906 bits per heavy atom. The molecule has 1 aromatic rings. The second-order valence-electron chi connectivity index (χ2n) is 6.93. The van der Waals surface area contributed by atoms with Gasteiger partial charge in [-0.15, -0.1) is 0 Å². The van der Waals surface area contributed by atoms with E-state index in [1.165, 1.54) is 7.05 Å². The van der Waals surface area contributed by atoms with Gasteiger partial charge in [0.15, 0.2) is 0 Å². The second kappa shape index (κ2) is 21.8. The molecule has 0 aromatic heterocycles.